The fourth-order valence-electron chi connectivity index (χ4n) is 2.67. The summed E-state index contributed by atoms with van der Waals surface area (Å²) in [5.74, 6) is -0.111. The lowest BCUT2D eigenvalue weighted by Gasteiger charge is -2.27. The van der Waals surface area contributed by atoms with Crippen molar-refractivity contribution in [3.8, 4) is 0 Å². The van der Waals surface area contributed by atoms with Gasteiger partial charge in [0.15, 0.2) is 9.84 Å². The van der Waals surface area contributed by atoms with Gasteiger partial charge >= 0.3 is 0 Å². The lowest BCUT2D eigenvalue weighted by molar-refractivity contribution is 0.489. The van der Waals surface area contributed by atoms with Gasteiger partial charge in [0, 0.05) is 12.6 Å². The van der Waals surface area contributed by atoms with E-state index in [2.05, 4.69) is 5.32 Å². The number of halogens is 1. The summed E-state index contributed by atoms with van der Waals surface area (Å²) in [6, 6.07) is 4.40. The summed E-state index contributed by atoms with van der Waals surface area (Å²) in [5, 5.41) is 2.81. The van der Waals surface area contributed by atoms with E-state index in [0.29, 0.717) is 13.0 Å². The zero-order valence-electron chi connectivity index (χ0n) is 8.61. The largest absolute Gasteiger partial charge is 0.308 e. The second-order valence-corrected chi connectivity index (χ2v) is 6.72. The molecule has 3 nitrogen and oxygen atoms in total. The van der Waals surface area contributed by atoms with Crippen LogP contribution >= 0.6 is 0 Å². The van der Waals surface area contributed by atoms with Gasteiger partial charge in [-0.1, -0.05) is 6.07 Å². The van der Waals surface area contributed by atoms with Gasteiger partial charge in [-0.25, -0.2) is 12.8 Å². The van der Waals surface area contributed by atoms with Crippen molar-refractivity contribution >= 4 is 9.84 Å². The van der Waals surface area contributed by atoms with Crippen LogP contribution in [0.3, 0.4) is 0 Å². The number of sulfone groups is 1. The summed E-state index contributed by atoms with van der Waals surface area (Å²) in [5.41, 5.74) is 1.77. The predicted molar refractivity (Wildman–Crippen MR) is 58.4 cm³/mol. The Kier molecular flexibility index (Phi) is 2.09. The number of nitrogens with one attached hydrogen (secondary N) is 1. The molecule has 5 heteroatoms. The molecular formula is C11H12FNO2S. The monoisotopic (exact) mass is 241 g/mol. The van der Waals surface area contributed by atoms with Crippen LogP contribution in [0.2, 0.25) is 0 Å². The molecule has 86 valence electrons. The SMILES string of the molecule is O=S1(=O)CCNC2c3ccc(F)cc3CC21. The van der Waals surface area contributed by atoms with Crippen LogP contribution in [-0.4, -0.2) is 26.0 Å². The highest BCUT2D eigenvalue weighted by molar-refractivity contribution is 7.92. The average molecular weight is 241 g/mol. The highest BCUT2D eigenvalue weighted by Gasteiger charge is 2.43. The first-order valence-corrected chi connectivity index (χ1v) is 7.03. The summed E-state index contributed by atoms with van der Waals surface area (Å²) < 4.78 is 36.8. The van der Waals surface area contributed by atoms with Gasteiger partial charge in [0.25, 0.3) is 0 Å². The van der Waals surface area contributed by atoms with E-state index in [9.17, 15) is 12.8 Å². The van der Waals surface area contributed by atoms with E-state index >= 15 is 0 Å². The predicted octanol–water partition coefficient (Wildman–Crippen LogP) is 0.809. The van der Waals surface area contributed by atoms with E-state index in [1.165, 1.54) is 12.1 Å². The molecule has 0 aromatic heterocycles. The van der Waals surface area contributed by atoms with Gasteiger partial charge in [-0.05, 0) is 29.7 Å². The Morgan fingerprint density at radius 1 is 1.38 bits per heavy atom. The van der Waals surface area contributed by atoms with Crippen LogP contribution in [0.15, 0.2) is 18.2 Å². The summed E-state index contributed by atoms with van der Waals surface area (Å²) >= 11 is 0. The number of hydrogen-bond donors (Lipinski definition) is 1. The van der Waals surface area contributed by atoms with Gasteiger partial charge in [0.2, 0.25) is 0 Å². The van der Waals surface area contributed by atoms with Crippen molar-refractivity contribution in [2.75, 3.05) is 12.3 Å². The Morgan fingerprint density at radius 3 is 3.00 bits per heavy atom. The Morgan fingerprint density at radius 2 is 2.19 bits per heavy atom. The van der Waals surface area contributed by atoms with Crippen molar-refractivity contribution in [2.24, 2.45) is 0 Å². The fraction of sp³-hybridized carbons (Fsp3) is 0.455. The normalized spacial score (nSPS) is 30.8. The standard InChI is InChI=1S/C11H12FNO2S/c12-8-1-2-9-7(5-8)6-10-11(9)13-3-4-16(10,14)15/h1-2,5,10-11,13H,3-4,6H2. The van der Waals surface area contributed by atoms with Crippen LogP contribution in [0.4, 0.5) is 4.39 Å². The Balaban J connectivity index is 2.09. The van der Waals surface area contributed by atoms with Crippen LogP contribution in [0.1, 0.15) is 17.2 Å². The zero-order valence-corrected chi connectivity index (χ0v) is 9.43. The van der Waals surface area contributed by atoms with Gasteiger partial charge < -0.3 is 5.32 Å². The zero-order chi connectivity index (χ0) is 11.3. The molecule has 1 fully saturated rings. The lowest BCUT2D eigenvalue weighted by Crippen LogP contribution is -2.44. The minimum atomic E-state index is -3.03. The summed E-state index contributed by atoms with van der Waals surface area (Å²) in [4.78, 5) is 0. The smallest absolute Gasteiger partial charge is 0.156 e. The third-order valence-electron chi connectivity index (χ3n) is 3.45. The first kappa shape index (κ1) is 10.2. The highest BCUT2D eigenvalue weighted by Crippen LogP contribution is 2.37. The molecule has 2 aliphatic rings. The van der Waals surface area contributed by atoms with Gasteiger partial charge in [0.1, 0.15) is 5.82 Å². The topological polar surface area (TPSA) is 46.2 Å². The van der Waals surface area contributed by atoms with E-state index in [1.54, 1.807) is 6.07 Å². The van der Waals surface area contributed by atoms with Crippen molar-refractivity contribution in [3.05, 3.63) is 35.1 Å². The molecular weight excluding hydrogens is 229 g/mol. The molecule has 16 heavy (non-hydrogen) atoms. The second-order valence-electron chi connectivity index (χ2n) is 4.38. The maximum atomic E-state index is 13.1. The van der Waals surface area contributed by atoms with Crippen molar-refractivity contribution in [1.29, 1.82) is 0 Å². The first-order valence-electron chi connectivity index (χ1n) is 5.31. The van der Waals surface area contributed by atoms with Crippen LogP contribution in [0.5, 0.6) is 0 Å². The van der Waals surface area contributed by atoms with Crippen molar-refractivity contribution in [2.45, 2.75) is 17.7 Å². The number of rotatable bonds is 0. The molecule has 1 aromatic carbocycles. The Bertz CT molecular complexity index is 541. The van der Waals surface area contributed by atoms with Gasteiger partial charge in [-0.3, -0.25) is 0 Å². The number of hydrogen-bond acceptors (Lipinski definition) is 3. The van der Waals surface area contributed by atoms with Gasteiger partial charge in [-0.15, -0.1) is 0 Å². The maximum Gasteiger partial charge on any atom is 0.156 e. The minimum absolute atomic E-state index is 0.144. The van der Waals surface area contributed by atoms with Crippen molar-refractivity contribution < 1.29 is 12.8 Å². The molecule has 1 heterocycles. The molecule has 3 rings (SSSR count). The molecule has 0 bridgehead atoms. The van der Waals surface area contributed by atoms with E-state index in [4.69, 9.17) is 0 Å². The van der Waals surface area contributed by atoms with Crippen LogP contribution in [0, 0.1) is 5.82 Å². The van der Waals surface area contributed by atoms with Crippen LogP contribution < -0.4 is 5.32 Å². The van der Waals surface area contributed by atoms with Crippen molar-refractivity contribution in [3.63, 3.8) is 0 Å². The fourth-order valence-corrected chi connectivity index (χ4v) is 4.47. The maximum absolute atomic E-state index is 13.1. The Labute approximate surface area is 93.6 Å². The summed E-state index contributed by atoms with van der Waals surface area (Å²) in [6.45, 7) is 0.486. The first-order chi connectivity index (χ1) is 7.58. The van der Waals surface area contributed by atoms with E-state index in [-0.39, 0.29) is 17.6 Å². The molecule has 1 aliphatic carbocycles. The second kappa shape index (κ2) is 3.28. The number of benzene rings is 1. The van der Waals surface area contributed by atoms with Crippen molar-refractivity contribution in [1.82, 2.24) is 5.32 Å². The molecule has 0 saturated carbocycles. The molecule has 0 spiro atoms. The average Bonchev–Trinajstić information content (AvgIpc) is 2.57. The molecule has 2 unspecified atom stereocenters. The molecule has 1 aliphatic heterocycles. The third kappa shape index (κ3) is 1.38. The molecule has 1 aromatic rings. The van der Waals surface area contributed by atoms with E-state index < -0.39 is 15.1 Å². The van der Waals surface area contributed by atoms with E-state index in [1.807, 2.05) is 0 Å². The molecule has 0 amide bonds. The summed E-state index contributed by atoms with van der Waals surface area (Å²) in [7, 11) is -3.03. The van der Waals surface area contributed by atoms with Crippen LogP contribution in [0.25, 0.3) is 0 Å². The summed E-state index contributed by atoms with van der Waals surface area (Å²) in [6.07, 6.45) is 0.438. The number of fused-ring (bicyclic) bond motifs is 3. The highest BCUT2D eigenvalue weighted by atomic mass is 32.2. The quantitative estimate of drug-likeness (QED) is 0.731. The molecule has 1 N–H and O–H groups in total. The molecule has 0 radical (unpaired) electrons. The van der Waals surface area contributed by atoms with Gasteiger partial charge in [0.05, 0.1) is 11.0 Å². The third-order valence-corrected chi connectivity index (χ3v) is 5.58. The lowest BCUT2D eigenvalue weighted by atomic mass is 10.1. The van der Waals surface area contributed by atoms with Crippen LogP contribution in [-0.2, 0) is 16.3 Å². The minimum Gasteiger partial charge on any atom is -0.308 e. The van der Waals surface area contributed by atoms with Gasteiger partial charge in [-0.2, -0.15) is 0 Å². The molecule has 2 atom stereocenters. The van der Waals surface area contributed by atoms with E-state index in [0.717, 1.165) is 11.1 Å². The molecule has 1 saturated heterocycles. The Hall–Kier alpha value is -0.940.